The van der Waals surface area contributed by atoms with E-state index in [-0.39, 0.29) is 16.5 Å². The number of sulfonamides is 1. The summed E-state index contributed by atoms with van der Waals surface area (Å²) in [4.78, 5) is 18.8. The Morgan fingerprint density at radius 1 is 1.00 bits per heavy atom. The zero-order valence-electron chi connectivity index (χ0n) is 18.2. The van der Waals surface area contributed by atoms with E-state index in [1.165, 1.54) is 42.2 Å². The van der Waals surface area contributed by atoms with Crippen molar-refractivity contribution in [2.45, 2.75) is 17.7 Å². The lowest BCUT2D eigenvalue weighted by molar-refractivity contribution is 0.102. The number of amides is 1. The van der Waals surface area contributed by atoms with Crippen molar-refractivity contribution < 1.29 is 17.9 Å². The Hall–Kier alpha value is -3.69. The van der Waals surface area contributed by atoms with Gasteiger partial charge in [-0.15, -0.1) is 11.3 Å². The Morgan fingerprint density at radius 2 is 1.79 bits per heavy atom. The smallest absolute Gasteiger partial charge is 0.261 e. The van der Waals surface area contributed by atoms with Crippen molar-refractivity contribution in [3.8, 4) is 17.0 Å². The van der Waals surface area contributed by atoms with Crippen molar-refractivity contribution in [1.29, 1.82) is 0 Å². The molecule has 7 nitrogen and oxygen atoms in total. The standard InChI is InChI=1S/C25H21N3O4S2/c1-32-19-10-12-20(13-11-19)34(30,31)28-18-7-4-6-17(15-18)24(29)27-25-26-23-21-8-3-2-5-16(21)9-14-22(23)33-25/h2-8,10-13,15,28H,9,14H2,1H3,(H,26,27,29). The molecule has 1 amide bonds. The molecule has 0 spiro atoms. The summed E-state index contributed by atoms with van der Waals surface area (Å²) in [6, 6.07) is 20.6. The van der Waals surface area contributed by atoms with Gasteiger partial charge in [0, 0.05) is 21.7 Å². The first-order valence-corrected chi connectivity index (χ1v) is 12.9. The van der Waals surface area contributed by atoms with E-state index in [2.05, 4.69) is 27.2 Å². The second-order valence-corrected chi connectivity index (χ2v) is 10.5. The first-order valence-electron chi connectivity index (χ1n) is 10.6. The molecule has 1 aliphatic carbocycles. The van der Waals surface area contributed by atoms with Crippen LogP contribution in [0.2, 0.25) is 0 Å². The molecule has 2 N–H and O–H groups in total. The molecular formula is C25H21N3O4S2. The molecule has 0 saturated heterocycles. The number of nitrogens with one attached hydrogen (secondary N) is 2. The molecule has 0 aliphatic heterocycles. The van der Waals surface area contributed by atoms with Gasteiger partial charge in [0.05, 0.1) is 17.7 Å². The average Bonchev–Trinajstić information content (AvgIpc) is 3.27. The van der Waals surface area contributed by atoms with Gasteiger partial charge < -0.3 is 4.74 Å². The van der Waals surface area contributed by atoms with E-state index in [4.69, 9.17) is 4.74 Å². The Morgan fingerprint density at radius 3 is 2.59 bits per heavy atom. The Kier molecular flexibility index (Phi) is 5.80. The van der Waals surface area contributed by atoms with Gasteiger partial charge in [-0.3, -0.25) is 14.8 Å². The molecule has 1 heterocycles. The predicted octanol–water partition coefficient (Wildman–Crippen LogP) is 4.97. The van der Waals surface area contributed by atoms with Gasteiger partial charge in [0.25, 0.3) is 15.9 Å². The van der Waals surface area contributed by atoms with Gasteiger partial charge in [0.1, 0.15) is 5.75 Å². The minimum absolute atomic E-state index is 0.0943. The first-order chi connectivity index (χ1) is 16.4. The molecule has 1 aliphatic rings. The van der Waals surface area contributed by atoms with Crippen molar-refractivity contribution in [2.75, 3.05) is 17.1 Å². The monoisotopic (exact) mass is 491 g/mol. The van der Waals surface area contributed by atoms with Crippen molar-refractivity contribution in [3.63, 3.8) is 0 Å². The van der Waals surface area contributed by atoms with E-state index in [0.29, 0.717) is 16.4 Å². The molecule has 3 aromatic carbocycles. The summed E-state index contributed by atoms with van der Waals surface area (Å²) in [5.41, 5.74) is 3.90. The maximum absolute atomic E-state index is 12.9. The van der Waals surface area contributed by atoms with Gasteiger partial charge in [-0.25, -0.2) is 13.4 Å². The number of fused-ring (bicyclic) bond motifs is 3. The van der Waals surface area contributed by atoms with Gasteiger partial charge in [-0.1, -0.05) is 30.3 Å². The number of benzene rings is 3. The zero-order chi connectivity index (χ0) is 23.7. The summed E-state index contributed by atoms with van der Waals surface area (Å²) in [5.74, 6) is 0.204. The molecule has 0 atom stereocenters. The summed E-state index contributed by atoms with van der Waals surface area (Å²) in [7, 11) is -2.31. The SMILES string of the molecule is COc1ccc(S(=O)(=O)Nc2cccc(C(=O)Nc3nc4c(s3)CCc3ccccc3-4)c2)cc1. The van der Waals surface area contributed by atoms with Crippen molar-refractivity contribution in [3.05, 3.63) is 88.8 Å². The topological polar surface area (TPSA) is 97.4 Å². The summed E-state index contributed by atoms with van der Waals surface area (Å²) in [6.07, 6.45) is 1.84. The molecule has 0 unspecified atom stereocenters. The maximum atomic E-state index is 12.9. The molecule has 9 heteroatoms. The highest BCUT2D eigenvalue weighted by molar-refractivity contribution is 7.92. The van der Waals surface area contributed by atoms with Crippen LogP contribution >= 0.6 is 11.3 Å². The second-order valence-electron chi connectivity index (χ2n) is 7.76. The predicted molar refractivity (Wildman–Crippen MR) is 133 cm³/mol. The lowest BCUT2D eigenvalue weighted by Gasteiger charge is -2.13. The van der Waals surface area contributed by atoms with Crippen molar-refractivity contribution in [1.82, 2.24) is 4.98 Å². The molecular weight excluding hydrogens is 470 g/mol. The van der Waals surface area contributed by atoms with Gasteiger partial charge in [-0.2, -0.15) is 0 Å². The van der Waals surface area contributed by atoms with Gasteiger partial charge >= 0.3 is 0 Å². The number of aromatic nitrogens is 1. The largest absolute Gasteiger partial charge is 0.497 e. The fraction of sp³-hybridized carbons (Fsp3) is 0.120. The number of nitrogens with zero attached hydrogens (tertiary/aromatic N) is 1. The molecule has 0 fully saturated rings. The van der Waals surface area contributed by atoms with Crippen LogP contribution in [0.15, 0.2) is 77.7 Å². The van der Waals surface area contributed by atoms with Crippen LogP contribution in [0.25, 0.3) is 11.3 Å². The number of methoxy groups -OCH3 is 1. The van der Waals surface area contributed by atoms with Crippen LogP contribution in [-0.4, -0.2) is 26.4 Å². The fourth-order valence-electron chi connectivity index (χ4n) is 3.86. The highest BCUT2D eigenvalue weighted by Crippen LogP contribution is 2.38. The van der Waals surface area contributed by atoms with Crippen molar-refractivity contribution >= 4 is 38.1 Å². The van der Waals surface area contributed by atoms with Crippen LogP contribution in [0.3, 0.4) is 0 Å². The van der Waals surface area contributed by atoms with E-state index < -0.39 is 10.0 Å². The number of aryl methyl sites for hydroxylation is 2. The lowest BCUT2D eigenvalue weighted by Crippen LogP contribution is -2.15. The molecule has 172 valence electrons. The van der Waals surface area contributed by atoms with Crippen LogP contribution in [0, 0.1) is 0 Å². The number of hydrogen-bond donors (Lipinski definition) is 2. The number of rotatable bonds is 6. The van der Waals surface area contributed by atoms with E-state index in [0.717, 1.165) is 29.0 Å². The quantitative estimate of drug-likeness (QED) is 0.397. The summed E-state index contributed by atoms with van der Waals surface area (Å²) >= 11 is 1.47. The highest BCUT2D eigenvalue weighted by Gasteiger charge is 2.22. The van der Waals surface area contributed by atoms with Crippen LogP contribution < -0.4 is 14.8 Å². The molecule has 5 rings (SSSR count). The Balaban J connectivity index is 1.33. The van der Waals surface area contributed by atoms with Crippen molar-refractivity contribution in [2.24, 2.45) is 0 Å². The molecule has 1 aromatic heterocycles. The third kappa shape index (κ3) is 4.40. The van der Waals surface area contributed by atoms with Crippen LogP contribution in [0.5, 0.6) is 5.75 Å². The van der Waals surface area contributed by atoms with Gasteiger partial charge in [0.15, 0.2) is 5.13 Å². The molecule has 4 aromatic rings. The molecule has 0 saturated carbocycles. The van der Waals surface area contributed by atoms with E-state index in [1.54, 1.807) is 30.3 Å². The lowest BCUT2D eigenvalue weighted by atomic mass is 9.94. The second kappa shape index (κ2) is 8.92. The number of anilines is 2. The van der Waals surface area contributed by atoms with E-state index in [9.17, 15) is 13.2 Å². The normalized spacial score (nSPS) is 12.4. The number of carbonyl (C=O) groups excluding carboxylic acids is 1. The maximum Gasteiger partial charge on any atom is 0.261 e. The van der Waals surface area contributed by atoms with Gasteiger partial charge in [0.2, 0.25) is 0 Å². The minimum Gasteiger partial charge on any atom is -0.497 e. The first kappa shape index (κ1) is 22.1. The third-order valence-corrected chi connectivity index (χ3v) is 7.99. The number of ether oxygens (including phenoxy) is 1. The summed E-state index contributed by atoms with van der Waals surface area (Å²) in [6.45, 7) is 0. The summed E-state index contributed by atoms with van der Waals surface area (Å²) in [5, 5.41) is 3.38. The number of thiazole rings is 1. The fourth-order valence-corrected chi connectivity index (χ4v) is 5.88. The number of hydrogen-bond acceptors (Lipinski definition) is 6. The molecule has 34 heavy (non-hydrogen) atoms. The van der Waals surface area contributed by atoms with E-state index in [1.807, 2.05) is 12.1 Å². The zero-order valence-corrected chi connectivity index (χ0v) is 19.9. The van der Waals surface area contributed by atoms with Crippen LogP contribution in [0.4, 0.5) is 10.8 Å². The Bertz CT molecular complexity index is 1480. The van der Waals surface area contributed by atoms with Crippen LogP contribution in [-0.2, 0) is 22.9 Å². The average molecular weight is 492 g/mol. The third-order valence-electron chi connectivity index (χ3n) is 5.56. The molecule has 0 radical (unpaired) electrons. The summed E-state index contributed by atoms with van der Waals surface area (Å²) < 4.78 is 33.0. The highest BCUT2D eigenvalue weighted by atomic mass is 32.2. The van der Waals surface area contributed by atoms with E-state index >= 15 is 0 Å². The Labute approximate surface area is 201 Å². The van der Waals surface area contributed by atoms with Gasteiger partial charge in [-0.05, 0) is 60.9 Å². The molecule has 0 bridgehead atoms. The minimum atomic E-state index is -3.82. The van der Waals surface area contributed by atoms with Crippen LogP contribution in [0.1, 0.15) is 20.8 Å². The number of carbonyl (C=O) groups is 1.